The molecule has 0 unspecified atom stereocenters. The van der Waals surface area contributed by atoms with Crippen molar-refractivity contribution in [3.63, 3.8) is 0 Å². The first-order valence-electron chi connectivity index (χ1n) is 11.6. The van der Waals surface area contributed by atoms with Gasteiger partial charge < -0.3 is 24.0 Å². The number of ether oxygens (including phenoxy) is 3. The molecule has 0 spiro atoms. The van der Waals surface area contributed by atoms with Gasteiger partial charge in [-0.1, -0.05) is 58.9 Å². The molecule has 9 heteroatoms. The van der Waals surface area contributed by atoms with E-state index in [-0.39, 0.29) is 30.1 Å². The molecular formula is C21H49NO4Si4. The van der Waals surface area contributed by atoms with E-state index in [1.54, 1.807) is 0 Å². The fourth-order valence-corrected chi connectivity index (χ4v) is 100. The fraction of sp³-hybridized carbons (Fsp3) is 1.00. The Hall–Kier alpha value is 0.668. The van der Waals surface area contributed by atoms with Gasteiger partial charge in [0.05, 0.1) is 22.8 Å². The van der Waals surface area contributed by atoms with Crippen molar-refractivity contribution >= 4 is 29.6 Å². The summed E-state index contributed by atoms with van der Waals surface area (Å²) in [6.45, 7) is 32.3. The Morgan fingerprint density at radius 2 is 1.30 bits per heavy atom. The lowest BCUT2D eigenvalue weighted by Gasteiger charge is -2.57. The van der Waals surface area contributed by atoms with E-state index in [4.69, 9.17) is 18.6 Å². The van der Waals surface area contributed by atoms with Crippen LogP contribution in [0.1, 0.15) is 34.6 Å². The minimum Gasteiger partial charge on any atom is -0.417 e. The molecule has 0 saturated carbocycles. The van der Waals surface area contributed by atoms with E-state index in [0.717, 1.165) is 6.54 Å². The number of hydrogen-bond acceptors (Lipinski definition) is 5. The molecular weight excluding hydrogens is 443 g/mol. The Morgan fingerprint density at radius 1 is 0.833 bits per heavy atom. The SMILES string of the molecule is CC(C)(C)NC[C@H]1O[C@@H]2OC(C)(C)O[C@@H]2[C@H]1O[Si]([Si](C)(C)C)([Si](C)(C)C)[Si](C)(C)C. The topological polar surface area (TPSA) is 49.0 Å². The second-order valence-electron chi connectivity index (χ2n) is 13.8. The summed E-state index contributed by atoms with van der Waals surface area (Å²) in [5, 5.41) is 3.64. The summed E-state index contributed by atoms with van der Waals surface area (Å²) in [4.78, 5) is 0. The van der Waals surface area contributed by atoms with Crippen molar-refractivity contribution in [2.45, 2.75) is 129 Å². The first kappa shape index (κ1) is 26.9. The highest BCUT2D eigenvalue weighted by molar-refractivity contribution is 7.87. The predicted octanol–water partition coefficient (Wildman–Crippen LogP) is 4.83. The molecule has 0 aromatic heterocycles. The Balaban J connectivity index is 2.49. The molecule has 2 aliphatic heterocycles. The lowest BCUT2D eigenvalue weighted by Crippen LogP contribution is -2.85. The van der Waals surface area contributed by atoms with Crippen molar-refractivity contribution in [2.24, 2.45) is 0 Å². The van der Waals surface area contributed by atoms with E-state index in [9.17, 15) is 0 Å². The normalized spacial score (nSPS) is 30.6. The van der Waals surface area contributed by atoms with Crippen LogP contribution in [0.5, 0.6) is 0 Å². The summed E-state index contributed by atoms with van der Waals surface area (Å²) in [6, 6.07) is 0. The van der Waals surface area contributed by atoms with Gasteiger partial charge in [-0.05, 0) is 34.6 Å². The van der Waals surface area contributed by atoms with Crippen LogP contribution in [0, 0.1) is 0 Å². The lowest BCUT2D eigenvalue weighted by atomic mass is 10.1. The molecule has 0 bridgehead atoms. The molecule has 2 rings (SSSR count). The van der Waals surface area contributed by atoms with Crippen LogP contribution < -0.4 is 5.32 Å². The van der Waals surface area contributed by atoms with Crippen LogP contribution in [0.4, 0.5) is 0 Å². The maximum Gasteiger partial charge on any atom is 0.190 e. The van der Waals surface area contributed by atoms with Gasteiger partial charge in [-0.25, -0.2) is 0 Å². The van der Waals surface area contributed by atoms with Gasteiger partial charge in [-0.3, -0.25) is 0 Å². The van der Waals surface area contributed by atoms with Crippen molar-refractivity contribution in [3.05, 3.63) is 0 Å². The van der Waals surface area contributed by atoms with E-state index in [0.29, 0.717) is 0 Å². The Morgan fingerprint density at radius 3 is 1.70 bits per heavy atom. The van der Waals surface area contributed by atoms with Crippen LogP contribution in [-0.2, 0) is 18.6 Å². The largest absolute Gasteiger partial charge is 0.417 e. The Labute approximate surface area is 189 Å². The standard InChI is InChI=1S/C21H49NO4Si4/c1-20(2,3)22-15-16-17(18-19(23-16)25-21(4,5)24-18)26-30(27(6,7)8,28(9,10)11)29(12,13)14/h16-19,22H,15H2,1-14H3/t16-,17+,18-,19-/m1/s1. The summed E-state index contributed by atoms with van der Waals surface area (Å²) in [5.41, 5.74) is 0.0252. The van der Waals surface area contributed by atoms with Crippen LogP contribution in [0.3, 0.4) is 0 Å². The summed E-state index contributed by atoms with van der Waals surface area (Å²) >= 11 is 0. The Kier molecular flexibility index (Phi) is 7.32. The molecule has 0 amide bonds. The van der Waals surface area contributed by atoms with E-state index in [2.05, 4.69) is 85.0 Å². The first-order chi connectivity index (χ1) is 13.1. The van der Waals surface area contributed by atoms with Gasteiger partial charge in [0.15, 0.2) is 18.9 Å². The molecule has 2 heterocycles. The summed E-state index contributed by atoms with van der Waals surface area (Å²) in [6.07, 6.45) is -0.606. The molecule has 0 aromatic carbocycles. The smallest absolute Gasteiger partial charge is 0.190 e. The van der Waals surface area contributed by atoms with Crippen LogP contribution in [0.25, 0.3) is 0 Å². The highest BCUT2D eigenvalue weighted by atomic mass is 29.9. The zero-order chi connectivity index (χ0) is 23.6. The molecule has 5 nitrogen and oxygen atoms in total. The van der Waals surface area contributed by atoms with Crippen molar-refractivity contribution in [1.82, 2.24) is 5.32 Å². The Bertz CT molecular complexity index is 580. The van der Waals surface area contributed by atoms with Crippen molar-refractivity contribution in [1.29, 1.82) is 0 Å². The van der Waals surface area contributed by atoms with Gasteiger partial charge in [-0.2, -0.15) is 0 Å². The van der Waals surface area contributed by atoms with E-state index in [1.165, 1.54) is 0 Å². The predicted molar refractivity (Wildman–Crippen MR) is 137 cm³/mol. The molecule has 2 fully saturated rings. The van der Waals surface area contributed by atoms with Crippen molar-refractivity contribution in [3.8, 4) is 0 Å². The number of hydrogen-bond donors (Lipinski definition) is 1. The maximum absolute atomic E-state index is 7.63. The van der Waals surface area contributed by atoms with Gasteiger partial charge in [0.1, 0.15) is 18.3 Å². The average Bonchev–Trinajstić information content (AvgIpc) is 2.89. The molecule has 178 valence electrons. The fourth-order valence-electron chi connectivity index (χ4n) is 6.37. The third-order valence-electron chi connectivity index (χ3n) is 6.40. The molecule has 4 atom stereocenters. The van der Waals surface area contributed by atoms with E-state index >= 15 is 0 Å². The van der Waals surface area contributed by atoms with Gasteiger partial charge in [-0.15, -0.1) is 0 Å². The quantitative estimate of drug-likeness (QED) is 0.517. The minimum absolute atomic E-state index is 0.0252. The molecule has 30 heavy (non-hydrogen) atoms. The number of fused-ring (bicyclic) bond motifs is 1. The van der Waals surface area contributed by atoms with Crippen LogP contribution in [-0.4, -0.2) is 72.1 Å². The van der Waals surface area contributed by atoms with Gasteiger partial charge in [0.25, 0.3) is 0 Å². The zero-order valence-electron chi connectivity index (χ0n) is 22.1. The monoisotopic (exact) mass is 491 g/mol. The zero-order valence-corrected chi connectivity index (χ0v) is 26.1. The highest BCUT2D eigenvalue weighted by Crippen LogP contribution is 2.44. The van der Waals surface area contributed by atoms with Crippen LogP contribution in [0.15, 0.2) is 0 Å². The minimum atomic E-state index is -2.01. The van der Waals surface area contributed by atoms with Gasteiger partial charge in [0, 0.05) is 12.1 Å². The van der Waals surface area contributed by atoms with Crippen LogP contribution >= 0.6 is 0 Å². The van der Waals surface area contributed by atoms with E-state index in [1.807, 2.05) is 13.8 Å². The van der Waals surface area contributed by atoms with Crippen molar-refractivity contribution in [2.75, 3.05) is 6.54 Å². The number of rotatable bonds is 7. The molecule has 0 aliphatic carbocycles. The van der Waals surface area contributed by atoms with Crippen molar-refractivity contribution < 1.29 is 18.6 Å². The average molecular weight is 492 g/mol. The van der Waals surface area contributed by atoms with E-state index < -0.39 is 35.4 Å². The molecule has 2 saturated heterocycles. The highest BCUT2D eigenvalue weighted by Gasteiger charge is 2.67. The molecule has 0 radical (unpaired) electrons. The number of nitrogens with one attached hydrogen (secondary N) is 1. The summed E-state index contributed by atoms with van der Waals surface area (Å²) < 4.78 is 26.6. The molecule has 0 aromatic rings. The van der Waals surface area contributed by atoms with Crippen LogP contribution in [0.2, 0.25) is 58.9 Å². The molecule has 1 N–H and O–H groups in total. The van der Waals surface area contributed by atoms with Gasteiger partial charge in [0.2, 0.25) is 0 Å². The van der Waals surface area contributed by atoms with Gasteiger partial charge >= 0.3 is 0 Å². The maximum atomic E-state index is 7.63. The molecule has 2 aliphatic rings. The third kappa shape index (κ3) is 5.25. The third-order valence-corrected chi connectivity index (χ3v) is 73.9. The first-order valence-corrected chi connectivity index (χ1v) is 27.0. The summed E-state index contributed by atoms with van der Waals surface area (Å²) in [7, 11) is -4.73. The lowest BCUT2D eigenvalue weighted by molar-refractivity contribution is -0.212. The summed E-state index contributed by atoms with van der Waals surface area (Å²) in [5.74, 6) is -0.624. The second-order valence-corrected chi connectivity index (χ2v) is 53.2. The second kappa shape index (κ2) is 8.16.